The van der Waals surface area contributed by atoms with E-state index in [0.29, 0.717) is 0 Å². The molecule has 0 aliphatic carbocycles. The molecule has 4 heteroatoms. The first kappa shape index (κ1) is 15.6. The highest BCUT2D eigenvalue weighted by Crippen LogP contribution is 2.25. The van der Waals surface area contributed by atoms with Crippen molar-refractivity contribution in [3.05, 3.63) is 35.4 Å². The van der Waals surface area contributed by atoms with E-state index in [9.17, 15) is 4.79 Å². The zero-order chi connectivity index (χ0) is 15.2. The largest absolute Gasteiger partial charge is 0.496 e. The molecule has 0 spiro atoms. The number of likely N-dealkylation sites (tertiary alicyclic amines) is 1. The molecule has 114 valence electrons. The third kappa shape index (κ3) is 4.60. The number of nitrogens with zero attached hydrogens (tertiary/aromatic N) is 1. The summed E-state index contributed by atoms with van der Waals surface area (Å²) in [7, 11) is 1.67. The average molecular weight is 289 g/mol. The molecular formula is C17H23NO3. The molecule has 1 heterocycles. The maximum atomic E-state index is 10.6. The van der Waals surface area contributed by atoms with Gasteiger partial charge in [0.15, 0.2) is 0 Å². The van der Waals surface area contributed by atoms with Crippen LogP contribution in [0.1, 0.15) is 30.9 Å². The van der Waals surface area contributed by atoms with Crippen molar-refractivity contribution in [3.63, 3.8) is 0 Å². The first-order chi connectivity index (χ1) is 10.1. The maximum absolute atomic E-state index is 10.6. The molecule has 0 unspecified atom stereocenters. The molecule has 0 saturated carbocycles. The van der Waals surface area contributed by atoms with Gasteiger partial charge in [0.1, 0.15) is 5.75 Å². The fourth-order valence-electron chi connectivity index (χ4n) is 2.65. The molecule has 1 N–H and O–H groups in total. The molecular weight excluding hydrogens is 266 g/mol. The quantitative estimate of drug-likeness (QED) is 0.847. The van der Waals surface area contributed by atoms with Gasteiger partial charge in [-0.1, -0.05) is 13.0 Å². The molecule has 1 aliphatic rings. The zero-order valence-corrected chi connectivity index (χ0v) is 12.7. The van der Waals surface area contributed by atoms with E-state index in [-0.39, 0.29) is 0 Å². The van der Waals surface area contributed by atoms with Crippen LogP contribution < -0.4 is 4.74 Å². The van der Waals surface area contributed by atoms with Crippen LogP contribution in [0.3, 0.4) is 0 Å². The highest BCUT2D eigenvalue weighted by molar-refractivity contribution is 5.85. The Labute approximate surface area is 126 Å². The van der Waals surface area contributed by atoms with Gasteiger partial charge in [-0.15, -0.1) is 0 Å². The van der Waals surface area contributed by atoms with Crippen molar-refractivity contribution in [2.45, 2.75) is 26.3 Å². The predicted molar refractivity (Wildman–Crippen MR) is 83.3 cm³/mol. The number of methoxy groups -OCH3 is 1. The molecule has 21 heavy (non-hydrogen) atoms. The predicted octanol–water partition coefficient (Wildman–Crippen LogP) is 3.02. The number of carboxylic acids is 1. The fourth-order valence-corrected chi connectivity index (χ4v) is 2.65. The van der Waals surface area contributed by atoms with Crippen molar-refractivity contribution in [2.24, 2.45) is 5.92 Å². The summed E-state index contributed by atoms with van der Waals surface area (Å²) in [6.07, 6.45) is 5.25. The summed E-state index contributed by atoms with van der Waals surface area (Å²) < 4.78 is 5.42. The van der Waals surface area contributed by atoms with E-state index in [1.165, 1.54) is 12.8 Å². The molecule has 0 radical (unpaired) electrons. The molecule has 1 saturated heterocycles. The van der Waals surface area contributed by atoms with Crippen LogP contribution in [-0.4, -0.2) is 36.2 Å². The third-order valence-electron chi connectivity index (χ3n) is 3.99. The Balaban J connectivity index is 2.12. The SMILES string of the molecule is COc1ccc(/C=C/C(=O)O)cc1CN1CCC(C)CC1. The molecule has 0 atom stereocenters. The van der Waals surface area contributed by atoms with Crippen molar-refractivity contribution in [1.29, 1.82) is 0 Å². The number of piperidine rings is 1. The molecule has 1 aromatic carbocycles. The van der Waals surface area contributed by atoms with Gasteiger partial charge in [-0.2, -0.15) is 0 Å². The van der Waals surface area contributed by atoms with E-state index < -0.39 is 5.97 Å². The molecule has 1 aromatic rings. The van der Waals surface area contributed by atoms with Gasteiger partial charge in [0.2, 0.25) is 0 Å². The average Bonchev–Trinajstić information content (AvgIpc) is 2.48. The monoisotopic (exact) mass is 289 g/mol. The van der Waals surface area contributed by atoms with E-state index in [1.807, 2.05) is 18.2 Å². The molecule has 0 aromatic heterocycles. The molecule has 2 rings (SSSR count). The fraction of sp³-hybridized carbons (Fsp3) is 0.471. The second-order valence-electron chi connectivity index (χ2n) is 5.70. The van der Waals surface area contributed by atoms with Crippen LogP contribution in [0.2, 0.25) is 0 Å². The number of carbonyl (C=O) groups is 1. The minimum absolute atomic E-state index is 0.813. The van der Waals surface area contributed by atoms with Gasteiger partial charge in [-0.3, -0.25) is 4.90 Å². The van der Waals surface area contributed by atoms with Crippen LogP contribution >= 0.6 is 0 Å². The van der Waals surface area contributed by atoms with Gasteiger partial charge in [-0.25, -0.2) is 4.79 Å². The number of carboxylic acid groups (broad SMARTS) is 1. The Morgan fingerprint density at radius 3 is 2.76 bits per heavy atom. The van der Waals surface area contributed by atoms with Crippen molar-refractivity contribution in [1.82, 2.24) is 4.90 Å². The van der Waals surface area contributed by atoms with E-state index in [1.54, 1.807) is 13.2 Å². The number of rotatable bonds is 5. The second kappa shape index (κ2) is 7.27. The number of hydrogen-bond donors (Lipinski definition) is 1. The van der Waals surface area contributed by atoms with Gasteiger partial charge < -0.3 is 9.84 Å². The van der Waals surface area contributed by atoms with Gasteiger partial charge in [0.05, 0.1) is 7.11 Å². The Morgan fingerprint density at radius 1 is 1.43 bits per heavy atom. The lowest BCUT2D eigenvalue weighted by Crippen LogP contribution is -2.32. The summed E-state index contributed by atoms with van der Waals surface area (Å²) in [5, 5.41) is 8.71. The molecule has 4 nitrogen and oxygen atoms in total. The third-order valence-corrected chi connectivity index (χ3v) is 3.99. The van der Waals surface area contributed by atoms with Crippen molar-refractivity contribution >= 4 is 12.0 Å². The van der Waals surface area contributed by atoms with Crippen molar-refractivity contribution in [3.8, 4) is 5.75 Å². The first-order valence-electron chi connectivity index (χ1n) is 7.38. The first-order valence-corrected chi connectivity index (χ1v) is 7.38. The molecule has 1 fully saturated rings. The molecule has 1 aliphatic heterocycles. The van der Waals surface area contributed by atoms with Gasteiger partial charge in [0.25, 0.3) is 0 Å². The molecule has 0 amide bonds. The van der Waals surface area contributed by atoms with Crippen LogP contribution in [0.5, 0.6) is 5.75 Å². The van der Waals surface area contributed by atoms with Crippen molar-refractivity contribution in [2.75, 3.05) is 20.2 Å². The van der Waals surface area contributed by atoms with Crippen LogP contribution in [0.15, 0.2) is 24.3 Å². The van der Waals surface area contributed by atoms with Crippen LogP contribution in [-0.2, 0) is 11.3 Å². The van der Waals surface area contributed by atoms with Crippen molar-refractivity contribution < 1.29 is 14.6 Å². The number of ether oxygens (including phenoxy) is 1. The zero-order valence-electron chi connectivity index (χ0n) is 12.7. The number of benzene rings is 1. The Hall–Kier alpha value is -1.81. The lowest BCUT2D eigenvalue weighted by Gasteiger charge is -2.30. The maximum Gasteiger partial charge on any atom is 0.328 e. The summed E-state index contributed by atoms with van der Waals surface area (Å²) in [6, 6.07) is 5.79. The summed E-state index contributed by atoms with van der Waals surface area (Å²) in [6.45, 7) is 5.37. The highest BCUT2D eigenvalue weighted by atomic mass is 16.5. The smallest absolute Gasteiger partial charge is 0.328 e. The minimum atomic E-state index is -0.933. The Morgan fingerprint density at radius 2 is 2.14 bits per heavy atom. The Bertz CT molecular complexity index is 517. The normalized spacial score (nSPS) is 17.2. The van der Waals surface area contributed by atoms with Crippen LogP contribution in [0.25, 0.3) is 6.08 Å². The second-order valence-corrected chi connectivity index (χ2v) is 5.70. The van der Waals surface area contributed by atoms with E-state index in [4.69, 9.17) is 9.84 Å². The van der Waals surface area contributed by atoms with E-state index in [0.717, 1.165) is 48.5 Å². The van der Waals surface area contributed by atoms with Crippen LogP contribution in [0, 0.1) is 5.92 Å². The molecule has 0 bridgehead atoms. The summed E-state index contributed by atoms with van der Waals surface area (Å²) in [5.74, 6) is 0.742. The van der Waals surface area contributed by atoms with Gasteiger partial charge >= 0.3 is 5.97 Å². The van der Waals surface area contributed by atoms with E-state index >= 15 is 0 Å². The summed E-state index contributed by atoms with van der Waals surface area (Å²) in [5.41, 5.74) is 2.00. The lowest BCUT2D eigenvalue weighted by atomic mass is 9.98. The van der Waals surface area contributed by atoms with Gasteiger partial charge in [-0.05, 0) is 55.6 Å². The van der Waals surface area contributed by atoms with E-state index in [2.05, 4.69) is 11.8 Å². The van der Waals surface area contributed by atoms with Gasteiger partial charge in [0, 0.05) is 18.2 Å². The minimum Gasteiger partial charge on any atom is -0.496 e. The Kier molecular flexibility index (Phi) is 5.39. The number of aliphatic carboxylic acids is 1. The lowest BCUT2D eigenvalue weighted by molar-refractivity contribution is -0.131. The number of hydrogen-bond acceptors (Lipinski definition) is 3. The summed E-state index contributed by atoms with van der Waals surface area (Å²) >= 11 is 0. The highest BCUT2D eigenvalue weighted by Gasteiger charge is 2.17. The topological polar surface area (TPSA) is 49.8 Å². The van der Waals surface area contributed by atoms with Crippen LogP contribution in [0.4, 0.5) is 0 Å². The summed E-state index contributed by atoms with van der Waals surface area (Å²) in [4.78, 5) is 13.0. The standard InChI is InChI=1S/C17H23NO3/c1-13-7-9-18(10-8-13)12-15-11-14(4-6-17(19)20)3-5-16(15)21-2/h3-6,11,13H,7-10,12H2,1-2H3,(H,19,20)/b6-4+.